The molecule has 0 radical (unpaired) electrons. The molecule has 1 heterocycles. The zero-order valence-corrected chi connectivity index (χ0v) is 19.6. The summed E-state index contributed by atoms with van der Waals surface area (Å²) in [6.07, 6.45) is 3.26. The van der Waals surface area contributed by atoms with Gasteiger partial charge in [0.2, 0.25) is 5.91 Å². The van der Waals surface area contributed by atoms with E-state index in [0.717, 1.165) is 25.7 Å². The van der Waals surface area contributed by atoms with Gasteiger partial charge in [0.25, 0.3) is 5.91 Å². The third-order valence-corrected chi connectivity index (χ3v) is 8.59. The van der Waals surface area contributed by atoms with E-state index in [-0.39, 0.29) is 46.9 Å². The molecule has 6 heteroatoms. The van der Waals surface area contributed by atoms with Crippen LogP contribution in [0, 0.1) is 29.1 Å². The average Bonchev–Trinajstić information content (AvgIpc) is 2.81. The van der Waals surface area contributed by atoms with Crippen LogP contribution >= 0.6 is 0 Å². The Balaban J connectivity index is 1.47. The van der Waals surface area contributed by atoms with E-state index < -0.39 is 6.10 Å². The molecule has 6 nitrogen and oxygen atoms in total. The first-order valence-corrected chi connectivity index (χ1v) is 12.2. The topological polar surface area (TPSA) is 78.9 Å². The Morgan fingerprint density at radius 2 is 1.81 bits per heavy atom. The van der Waals surface area contributed by atoms with E-state index in [0.29, 0.717) is 31.9 Å². The lowest BCUT2D eigenvalue weighted by atomic mass is 9.51. The molecule has 3 fully saturated rings. The zero-order valence-electron chi connectivity index (χ0n) is 19.6. The molecule has 7 atom stereocenters. The number of hydrogen-bond acceptors (Lipinski definition) is 4. The van der Waals surface area contributed by atoms with Crippen molar-refractivity contribution in [3.63, 3.8) is 0 Å². The highest BCUT2D eigenvalue weighted by Gasteiger charge is 2.54. The number of nitrogens with one attached hydrogen (secondary N) is 1. The van der Waals surface area contributed by atoms with E-state index in [1.165, 1.54) is 0 Å². The van der Waals surface area contributed by atoms with Crippen LogP contribution in [0.5, 0.6) is 0 Å². The molecule has 3 aliphatic rings. The smallest absolute Gasteiger partial charge is 0.251 e. The Morgan fingerprint density at radius 1 is 1.16 bits per heavy atom. The molecule has 0 aromatic heterocycles. The summed E-state index contributed by atoms with van der Waals surface area (Å²) >= 11 is 0. The maximum absolute atomic E-state index is 13.1. The maximum atomic E-state index is 13.1. The zero-order chi connectivity index (χ0) is 22.9. The fraction of sp³-hybridized carbons (Fsp3) is 0.692. The first-order valence-electron chi connectivity index (χ1n) is 12.2. The van der Waals surface area contributed by atoms with Crippen molar-refractivity contribution in [2.45, 2.75) is 58.6 Å². The van der Waals surface area contributed by atoms with Gasteiger partial charge in [0, 0.05) is 30.6 Å². The summed E-state index contributed by atoms with van der Waals surface area (Å²) in [4.78, 5) is 27.8. The number of nitrogens with zero attached hydrogens (tertiary/aromatic N) is 1. The number of rotatable bonds is 4. The predicted molar refractivity (Wildman–Crippen MR) is 123 cm³/mol. The van der Waals surface area contributed by atoms with E-state index >= 15 is 0 Å². The third-order valence-electron chi connectivity index (χ3n) is 8.59. The van der Waals surface area contributed by atoms with Crippen LogP contribution in [0.25, 0.3) is 0 Å². The number of aliphatic hydroxyl groups excluding tert-OH is 1. The molecule has 32 heavy (non-hydrogen) atoms. The number of morpholine rings is 1. The summed E-state index contributed by atoms with van der Waals surface area (Å²) in [6, 6.07) is 9.34. The minimum Gasteiger partial charge on any atom is -0.392 e. The SMILES string of the molecule is C[C@H]1[C@@H]2[C@@H](O)[C@H]([C@H](C)C(=O)N3CCOCC3)CC[C@@]2(C)CC[C@@H]1NC(=O)c1ccccc1. The van der Waals surface area contributed by atoms with Crippen molar-refractivity contribution >= 4 is 11.8 Å². The molecule has 2 saturated carbocycles. The van der Waals surface area contributed by atoms with Gasteiger partial charge in [-0.25, -0.2) is 0 Å². The van der Waals surface area contributed by atoms with E-state index in [1.54, 1.807) is 0 Å². The fourth-order valence-electron chi connectivity index (χ4n) is 6.59. The lowest BCUT2D eigenvalue weighted by Gasteiger charge is -2.56. The van der Waals surface area contributed by atoms with Crippen LogP contribution in [0.2, 0.25) is 0 Å². The number of carbonyl (C=O) groups excluding carboxylic acids is 2. The Bertz CT molecular complexity index is 809. The molecule has 1 aliphatic heterocycles. The second-order valence-electron chi connectivity index (χ2n) is 10.4. The highest BCUT2D eigenvalue weighted by atomic mass is 16.5. The average molecular weight is 443 g/mol. The molecule has 1 saturated heterocycles. The Kier molecular flexibility index (Phi) is 6.91. The van der Waals surface area contributed by atoms with Crippen molar-refractivity contribution in [1.29, 1.82) is 0 Å². The predicted octanol–water partition coefficient (Wildman–Crippen LogP) is 3.10. The normalized spacial score (nSPS) is 36.1. The lowest BCUT2D eigenvalue weighted by Crippen LogP contribution is -2.59. The van der Waals surface area contributed by atoms with Crippen LogP contribution in [0.4, 0.5) is 0 Å². The van der Waals surface area contributed by atoms with Crippen molar-refractivity contribution in [2.24, 2.45) is 29.1 Å². The van der Waals surface area contributed by atoms with Gasteiger partial charge in [0.05, 0.1) is 19.3 Å². The molecule has 4 rings (SSSR count). The van der Waals surface area contributed by atoms with E-state index in [4.69, 9.17) is 4.74 Å². The summed E-state index contributed by atoms with van der Waals surface area (Å²) in [6.45, 7) is 8.89. The maximum Gasteiger partial charge on any atom is 0.251 e. The number of carbonyl (C=O) groups is 2. The van der Waals surface area contributed by atoms with E-state index in [9.17, 15) is 14.7 Å². The minimum atomic E-state index is -0.542. The Hall–Kier alpha value is -1.92. The van der Waals surface area contributed by atoms with Crippen LogP contribution < -0.4 is 5.32 Å². The summed E-state index contributed by atoms with van der Waals surface area (Å²) in [5, 5.41) is 14.8. The highest BCUT2D eigenvalue weighted by Crippen LogP contribution is 2.55. The molecule has 1 aromatic carbocycles. The number of ether oxygens (including phenoxy) is 1. The fourth-order valence-corrected chi connectivity index (χ4v) is 6.59. The number of amides is 2. The first-order chi connectivity index (χ1) is 15.3. The van der Waals surface area contributed by atoms with Crippen molar-refractivity contribution in [3.8, 4) is 0 Å². The van der Waals surface area contributed by atoms with Crippen LogP contribution in [0.1, 0.15) is 56.8 Å². The largest absolute Gasteiger partial charge is 0.392 e. The van der Waals surface area contributed by atoms with Crippen molar-refractivity contribution in [1.82, 2.24) is 10.2 Å². The molecule has 0 bridgehead atoms. The van der Waals surface area contributed by atoms with E-state index in [1.807, 2.05) is 42.2 Å². The second-order valence-corrected chi connectivity index (χ2v) is 10.4. The molecular weight excluding hydrogens is 404 g/mol. The van der Waals surface area contributed by atoms with Gasteiger partial charge in [-0.3, -0.25) is 9.59 Å². The summed E-state index contributed by atoms with van der Waals surface area (Å²) in [5.74, 6) is 0.0385. The standard InChI is InChI=1S/C26H38N2O4/c1-17(25(31)28-13-15-32-16-14-28)20-9-11-26(3)12-10-21(18(2)22(26)23(20)29)27-24(30)19-7-5-4-6-8-19/h4-8,17-18,20-23,29H,9-16H2,1-3H3,(H,27,30)/t17-,18+,20-,21-,22+,23-,26-/m0/s1. The van der Waals surface area contributed by atoms with Crippen LogP contribution in [0.3, 0.4) is 0 Å². The minimum absolute atomic E-state index is 0.0273. The van der Waals surface area contributed by atoms with E-state index in [2.05, 4.69) is 19.2 Å². The van der Waals surface area contributed by atoms with Gasteiger partial charge >= 0.3 is 0 Å². The second kappa shape index (κ2) is 9.52. The number of hydrogen-bond donors (Lipinski definition) is 2. The van der Waals surface area contributed by atoms with Gasteiger partial charge in [-0.2, -0.15) is 0 Å². The van der Waals surface area contributed by atoms with Crippen LogP contribution in [0.15, 0.2) is 30.3 Å². The lowest BCUT2D eigenvalue weighted by molar-refractivity contribution is -0.153. The number of fused-ring (bicyclic) bond motifs is 1. The van der Waals surface area contributed by atoms with Crippen LogP contribution in [-0.2, 0) is 9.53 Å². The summed E-state index contributed by atoms with van der Waals surface area (Å²) in [5.41, 5.74) is 0.713. The molecule has 0 spiro atoms. The van der Waals surface area contributed by atoms with Crippen LogP contribution in [-0.4, -0.2) is 60.3 Å². The monoisotopic (exact) mass is 442 g/mol. The van der Waals surface area contributed by atoms with Gasteiger partial charge in [-0.1, -0.05) is 39.0 Å². The van der Waals surface area contributed by atoms with Crippen molar-refractivity contribution < 1.29 is 19.4 Å². The molecule has 2 amide bonds. The van der Waals surface area contributed by atoms with Gasteiger partial charge < -0.3 is 20.1 Å². The highest BCUT2D eigenvalue weighted by molar-refractivity contribution is 5.94. The van der Waals surface area contributed by atoms with Crippen molar-refractivity contribution in [2.75, 3.05) is 26.3 Å². The summed E-state index contributed by atoms with van der Waals surface area (Å²) < 4.78 is 5.39. The molecule has 2 aliphatic carbocycles. The van der Waals surface area contributed by atoms with Crippen molar-refractivity contribution in [3.05, 3.63) is 35.9 Å². The molecule has 176 valence electrons. The van der Waals surface area contributed by atoms with Gasteiger partial charge in [0.15, 0.2) is 0 Å². The summed E-state index contributed by atoms with van der Waals surface area (Å²) in [7, 11) is 0. The first kappa shape index (κ1) is 23.2. The van der Waals surface area contributed by atoms with Gasteiger partial charge in [-0.05, 0) is 61.0 Å². The van der Waals surface area contributed by atoms with Gasteiger partial charge in [0.1, 0.15) is 0 Å². The molecule has 1 aromatic rings. The number of aliphatic hydroxyl groups is 1. The molecule has 2 N–H and O–H groups in total. The molecular formula is C26H38N2O4. The Morgan fingerprint density at radius 3 is 2.50 bits per heavy atom. The number of benzene rings is 1. The quantitative estimate of drug-likeness (QED) is 0.751. The third kappa shape index (κ3) is 4.44. The Labute approximate surface area is 191 Å². The van der Waals surface area contributed by atoms with Gasteiger partial charge in [-0.15, -0.1) is 0 Å². The molecule has 0 unspecified atom stereocenters.